The fourth-order valence-electron chi connectivity index (χ4n) is 2.80. The molecule has 1 aliphatic rings. The first kappa shape index (κ1) is 19.2. The van der Waals surface area contributed by atoms with E-state index in [0.29, 0.717) is 25.9 Å². The number of carbonyl (C=O) groups is 3. The largest absolute Gasteiger partial charge is 0.477 e. The molecule has 25 heavy (non-hydrogen) atoms. The van der Waals surface area contributed by atoms with Crippen LogP contribution in [0.3, 0.4) is 0 Å². The minimum absolute atomic E-state index is 0.111. The Balaban J connectivity index is 1.54. The first-order valence-corrected chi connectivity index (χ1v) is 9.49. The van der Waals surface area contributed by atoms with E-state index in [1.165, 1.54) is 25.3 Å². The number of amides is 3. The average molecular weight is 367 g/mol. The van der Waals surface area contributed by atoms with Crippen molar-refractivity contribution in [3.63, 3.8) is 0 Å². The Morgan fingerprint density at radius 3 is 2.56 bits per heavy atom. The number of carboxylic acids is 1. The number of thiophene rings is 1. The molecule has 8 heteroatoms. The minimum Gasteiger partial charge on any atom is -0.477 e. The zero-order valence-electron chi connectivity index (χ0n) is 14.2. The van der Waals surface area contributed by atoms with Gasteiger partial charge in [0.15, 0.2) is 0 Å². The number of aromatic carboxylic acids is 1. The van der Waals surface area contributed by atoms with Crippen molar-refractivity contribution in [2.24, 2.45) is 0 Å². The van der Waals surface area contributed by atoms with Crippen LogP contribution in [0.25, 0.3) is 0 Å². The lowest BCUT2D eigenvalue weighted by atomic mass is 9.96. The van der Waals surface area contributed by atoms with Gasteiger partial charge in [-0.25, -0.2) is 9.59 Å². The molecule has 0 radical (unpaired) electrons. The Bertz CT molecular complexity index is 596. The Morgan fingerprint density at radius 1 is 1.12 bits per heavy atom. The molecule has 1 saturated carbocycles. The number of hydrogen-bond acceptors (Lipinski definition) is 4. The van der Waals surface area contributed by atoms with Gasteiger partial charge in [-0.2, -0.15) is 0 Å². The topological polar surface area (TPSA) is 108 Å². The predicted molar refractivity (Wildman–Crippen MR) is 95.8 cm³/mol. The number of hydrogen-bond donors (Lipinski definition) is 4. The van der Waals surface area contributed by atoms with Crippen molar-refractivity contribution >= 4 is 29.2 Å². The maximum atomic E-state index is 11.8. The molecule has 0 aliphatic heterocycles. The molecule has 1 heterocycles. The van der Waals surface area contributed by atoms with Crippen molar-refractivity contribution in [3.8, 4) is 0 Å². The van der Waals surface area contributed by atoms with E-state index >= 15 is 0 Å². The Labute approximate surface area is 151 Å². The van der Waals surface area contributed by atoms with E-state index in [1.54, 1.807) is 6.07 Å². The Hall–Kier alpha value is -2.09. The van der Waals surface area contributed by atoms with Gasteiger partial charge in [0, 0.05) is 23.9 Å². The second-order valence-corrected chi connectivity index (χ2v) is 7.35. The SMILES string of the molecule is O=C(CCCNC(=O)NC1CCCCC1)NCc1ccc(C(=O)O)s1. The summed E-state index contributed by atoms with van der Waals surface area (Å²) in [5.41, 5.74) is 0. The van der Waals surface area contributed by atoms with Crippen LogP contribution in [0.1, 0.15) is 59.5 Å². The lowest BCUT2D eigenvalue weighted by molar-refractivity contribution is -0.121. The summed E-state index contributed by atoms with van der Waals surface area (Å²) in [7, 11) is 0. The van der Waals surface area contributed by atoms with Crippen molar-refractivity contribution in [3.05, 3.63) is 21.9 Å². The Kier molecular flexibility index (Phi) is 7.72. The summed E-state index contributed by atoms with van der Waals surface area (Å²) in [4.78, 5) is 35.4. The van der Waals surface area contributed by atoms with Gasteiger partial charge in [0.05, 0.1) is 6.54 Å². The van der Waals surface area contributed by atoms with E-state index < -0.39 is 5.97 Å². The summed E-state index contributed by atoms with van der Waals surface area (Å²) < 4.78 is 0. The molecule has 0 atom stereocenters. The second kappa shape index (κ2) is 10.0. The molecule has 0 unspecified atom stereocenters. The molecular formula is C17H25N3O4S. The van der Waals surface area contributed by atoms with Crippen LogP contribution in [0.5, 0.6) is 0 Å². The lowest BCUT2D eigenvalue weighted by Gasteiger charge is -2.22. The number of carbonyl (C=O) groups excluding carboxylic acids is 2. The lowest BCUT2D eigenvalue weighted by Crippen LogP contribution is -2.43. The van der Waals surface area contributed by atoms with Gasteiger partial charge in [0.25, 0.3) is 0 Å². The first-order chi connectivity index (χ1) is 12.0. The third-order valence-corrected chi connectivity index (χ3v) is 5.21. The fraction of sp³-hybridized carbons (Fsp3) is 0.588. The smallest absolute Gasteiger partial charge is 0.345 e. The van der Waals surface area contributed by atoms with Gasteiger partial charge < -0.3 is 21.1 Å². The third-order valence-electron chi connectivity index (χ3n) is 4.14. The van der Waals surface area contributed by atoms with Crippen LogP contribution in [-0.4, -0.2) is 35.6 Å². The van der Waals surface area contributed by atoms with E-state index in [0.717, 1.165) is 29.1 Å². The molecule has 1 aromatic rings. The molecule has 7 nitrogen and oxygen atoms in total. The summed E-state index contributed by atoms with van der Waals surface area (Å²) >= 11 is 1.15. The number of urea groups is 1. The minimum atomic E-state index is -0.958. The third kappa shape index (κ3) is 7.13. The standard InChI is InChI=1S/C17H25N3O4S/c21-15(19-11-13-8-9-14(25-13)16(22)23)7-4-10-18-17(24)20-12-5-2-1-3-6-12/h8-9,12H,1-7,10-11H2,(H,19,21)(H,22,23)(H2,18,20,24). The van der Waals surface area contributed by atoms with Gasteiger partial charge in [-0.05, 0) is 31.4 Å². The Morgan fingerprint density at radius 2 is 1.88 bits per heavy atom. The van der Waals surface area contributed by atoms with Crippen LogP contribution in [-0.2, 0) is 11.3 Å². The molecule has 1 fully saturated rings. The van der Waals surface area contributed by atoms with Gasteiger partial charge in [-0.3, -0.25) is 4.79 Å². The van der Waals surface area contributed by atoms with Crippen molar-refractivity contribution < 1.29 is 19.5 Å². The van der Waals surface area contributed by atoms with E-state index in [-0.39, 0.29) is 22.9 Å². The average Bonchev–Trinajstić information content (AvgIpc) is 3.07. The highest BCUT2D eigenvalue weighted by Crippen LogP contribution is 2.17. The van der Waals surface area contributed by atoms with Crippen LogP contribution in [0, 0.1) is 0 Å². The van der Waals surface area contributed by atoms with Crippen molar-refractivity contribution in [2.75, 3.05) is 6.54 Å². The van der Waals surface area contributed by atoms with Gasteiger partial charge in [0.1, 0.15) is 4.88 Å². The summed E-state index contributed by atoms with van der Waals surface area (Å²) in [5.74, 6) is -1.07. The molecule has 0 bridgehead atoms. The highest BCUT2D eigenvalue weighted by Gasteiger charge is 2.15. The van der Waals surface area contributed by atoms with Crippen LogP contribution in [0.15, 0.2) is 12.1 Å². The van der Waals surface area contributed by atoms with Crippen LogP contribution in [0.2, 0.25) is 0 Å². The number of nitrogens with one attached hydrogen (secondary N) is 3. The molecule has 3 amide bonds. The molecular weight excluding hydrogens is 342 g/mol. The molecule has 0 spiro atoms. The molecule has 2 rings (SSSR count). The molecule has 0 aromatic carbocycles. The van der Waals surface area contributed by atoms with Crippen LogP contribution in [0.4, 0.5) is 4.79 Å². The highest BCUT2D eigenvalue weighted by atomic mass is 32.1. The molecule has 0 saturated heterocycles. The maximum absolute atomic E-state index is 11.8. The second-order valence-electron chi connectivity index (χ2n) is 6.19. The van der Waals surface area contributed by atoms with E-state index in [4.69, 9.17) is 5.11 Å². The van der Waals surface area contributed by atoms with Gasteiger partial charge in [-0.1, -0.05) is 19.3 Å². The van der Waals surface area contributed by atoms with Gasteiger partial charge in [-0.15, -0.1) is 11.3 Å². The number of carboxylic acid groups (broad SMARTS) is 1. The predicted octanol–water partition coefficient (Wildman–Crippen LogP) is 2.47. The number of rotatable bonds is 8. The van der Waals surface area contributed by atoms with Crippen LogP contribution >= 0.6 is 11.3 Å². The van der Waals surface area contributed by atoms with Crippen molar-refractivity contribution in [1.29, 1.82) is 0 Å². The van der Waals surface area contributed by atoms with E-state index in [2.05, 4.69) is 16.0 Å². The molecule has 4 N–H and O–H groups in total. The zero-order chi connectivity index (χ0) is 18.1. The maximum Gasteiger partial charge on any atom is 0.345 e. The monoisotopic (exact) mass is 367 g/mol. The van der Waals surface area contributed by atoms with Gasteiger partial charge >= 0.3 is 12.0 Å². The summed E-state index contributed by atoms with van der Waals surface area (Å²) in [6.45, 7) is 0.778. The quantitative estimate of drug-likeness (QED) is 0.529. The molecule has 138 valence electrons. The van der Waals surface area contributed by atoms with Crippen LogP contribution < -0.4 is 16.0 Å². The molecule has 1 aliphatic carbocycles. The van der Waals surface area contributed by atoms with Gasteiger partial charge in [0.2, 0.25) is 5.91 Å². The molecule has 1 aromatic heterocycles. The summed E-state index contributed by atoms with van der Waals surface area (Å²) in [6, 6.07) is 3.35. The summed E-state index contributed by atoms with van der Waals surface area (Å²) in [5, 5.41) is 17.4. The van der Waals surface area contributed by atoms with E-state index in [1.807, 2.05) is 0 Å². The highest BCUT2D eigenvalue weighted by molar-refractivity contribution is 7.13. The fourth-order valence-corrected chi connectivity index (χ4v) is 3.58. The van der Waals surface area contributed by atoms with E-state index in [9.17, 15) is 14.4 Å². The zero-order valence-corrected chi connectivity index (χ0v) is 15.0. The first-order valence-electron chi connectivity index (χ1n) is 8.67. The van der Waals surface area contributed by atoms with Crippen molar-refractivity contribution in [1.82, 2.24) is 16.0 Å². The van der Waals surface area contributed by atoms with Crippen molar-refractivity contribution in [2.45, 2.75) is 57.5 Å². The normalized spacial score (nSPS) is 14.7. The summed E-state index contributed by atoms with van der Waals surface area (Å²) in [6.07, 6.45) is 6.56.